The van der Waals surface area contributed by atoms with Gasteiger partial charge in [0, 0.05) is 12.1 Å². The molecule has 0 atom stereocenters. The van der Waals surface area contributed by atoms with Crippen molar-refractivity contribution in [3.05, 3.63) is 24.3 Å². The number of carbonyl (C=O) groups excluding carboxylic acids is 1. The maximum absolute atomic E-state index is 10.9. The van der Waals surface area contributed by atoms with Gasteiger partial charge < -0.3 is 15.8 Å². The molecule has 0 fully saturated rings. The molecule has 0 aliphatic heterocycles. The highest BCUT2D eigenvalue weighted by atomic mass is 16.5. The van der Waals surface area contributed by atoms with E-state index in [1.54, 1.807) is 24.3 Å². The first-order chi connectivity index (χ1) is 7.22. The second-order valence-corrected chi connectivity index (χ2v) is 3.12. The van der Waals surface area contributed by atoms with Crippen LogP contribution in [0.25, 0.3) is 0 Å². The van der Waals surface area contributed by atoms with Gasteiger partial charge in [-0.2, -0.15) is 0 Å². The van der Waals surface area contributed by atoms with Gasteiger partial charge in [-0.25, -0.2) is 0 Å². The Balaban J connectivity index is 2.20. The minimum absolute atomic E-state index is 0.0379. The summed E-state index contributed by atoms with van der Waals surface area (Å²) >= 11 is 0. The van der Waals surface area contributed by atoms with Crippen molar-refractivity contribution in [3.63, 3.8) is 0 Å². The number of rotatable bonds is 5. The van der Waals surface area contributed by atoms with Crippen LogP contribution in [0.5, 0.6) is 5.75 Å². The maximum Gasteiger partial charge on any atom is 0.219 e. The van der Waals surface area contributed by atoms with Gasteiger partial charge in [-0.1, -0.05) is 6.92 Å². The number of ether oxygens (including phenoxy) is 1. The minimum atomic E-state index is 0.0379. The second kappa shape index (κ2) is 5.90. The maximum atomic E-state index is 10.9. The summed E-state index contributed by atoms with van der Waals surface area (Å²) in [4.78, 5) is 10.9. The summed E-state index contributed by atoms with van der Waals surface area (Å²) in [7, 11) is 0. The number of nitrogen functional groups attached to an aromatic ring is 1. The molecule has 0 bridgehead atoms. The van der Waals surface area contributed by atoms with Gasteiger partial charge in [-0.15, -0.1) is 0 Å². The van der Waals surface area contributed by atoms with E-state index in [1.807, 2.05) is 6.92 Å². The predicted molar refractivity (Wildman–Crippen MR) is 59.7 cm³/mol. The van der Waals surface area contributed by atoms with E-state index < -0.39 is 0 Å². The fourth-order valence-electron chi connectivity index (χ4n) is 1.05. The molecule has 3 N–H and O–H groups in total. The van der Waals surface area contributed by atoms with Crippen molar-refractivity contribution in [1.82, 2.24) is 5.32 Å². The zero-order chi connectivity index (χ0) is 11.1. The third kappa shape index (κ3) is 4.35. The van der Waals surface area contributed by atoms with Crippen molar-refractivity contribution in [1.29, 1.82) is 0 Å². The molecule has 82 valence electrons. The molecule has 4 heteroatoms. The van der Waals surface area contributed by atoms with Gasteiger partial charge in [0.2, 0.25) is 5.91 Å². The lowest BCUT2D eigenvalue weighted by Gasteiger charge is -2.06. The molecular weight excluding hydrogens is 192 g/mol. The molecule has 1 amide bonds. The molecule has 0 heterocycles. The molecule has 4 nitrogen and oxygen atoms in total. The van der Waals surface area contributed by atoms with E-state index in [2.05, 4.69) is 5.32 Å². The Hall–Kier alpha value is -1.71. The van der Waals surface area contributed by atoms with E-state index in [0.29, 0.717) is 25.3 Å². The molecule has 0 radical (unpaired) electrons. The Kier molecular flexibility index (Phi) is 4.47. The molecule has 0 aliphatic carbocycles. The Morgan fingerprint density at radius 1 is 1.40 bits per heavy atom. The van der Waals surface area contributed by atoms with Crippen LogP contribution in [0.15, 0.2) is 24.3 Å². The van der Waals surface area contributed by atoms with Gasteiger partial charge >= 0.3 is 0 Å². The van der Waals surface area contributed by atoms with E-state index in [1.165, 1.54) is 0 Å². The van der Waals surface area contributed by atoms with Crippen LogP contribution in [0.4, 0.5) is 5.69 Å². The van der Waals surface area contributed by atoms with Crippen LogP contribution in [-0.2, 0) is 4.79 Å². The SMILES string of the molecule is CCC(=O)NCCOc1ccc(N)cc1. The number of nitrogens with two attached hydrogens (primary N) is 1. The molecule has 1 aromatic rings. The lowest BCUT2D eigenvalue weighted by atomic mass is 10.3. The Bertz CT molecular complexity index is 309. The molecule has 0 saturated carbocycles. The summed E-state index contributed by atoms with van der Waals surface area (Å²) in [6.45, 7) is 2.81. The average Bonchev–Trinajstić information content (AvgIpc) is 2.26. The fraction of sp³-hybridized carbons (Fsp3) is 0.364. The van der Waals surface area contributed by atoms with Gasteiger partial charge in [0.15, 0.2) is 0 Å². The third-order valence-corrected chi connectivity index (χ3v) is 1.89. The van der Waals surface area contributed by atoms with Crippen molar-refractivity contribution in [2.24, 2.45) is 0 Å². The second-order valence-electron chi connectivity index (χ2n) is 3.12. The van der Waals surface area contributed by atoms with E-state index in [-0.39, 0.29) is 5.91 Å². The summed E-state index contributed by atoms with van der Waals surface area (Å²) in [5, 5.41) is 2.73. The van der Waals surface area contributed by atoms with Crippen molar-refractivity contribution in [3.8, 4) is 5.75 Å². The average molecular weight is 208 g/mol. The summed E-state index contributed by atoms with van der Waals surface area (Å²) in [6, 6.07) is 7.16. The molecule has 0 unspecified atom stereocenters. The van der Waals surface area contributed by atoms with Crippen molar-refractivity contribution >= 4 is 11.6 Å². The van der Waals surface area contributed by atoms with E-state index in [0.717, 1.165) is 5.75 Å². The lowest BCUT2D eigenvalue weighted by Crippen LogP contribution is -2.27. The number of amides is 1. The molecule has 0 aliphatic rings. The van der Waals surface area contributed by atoms with Crippen molar-refractivity contribution in [2.75, 3.05) is 18.9 Å². The molecule has 15 heavy (non-hydrogen) atoms. The van der Waals surface area contributed by atoms with Crippen LogP contribution in [-0.4, -0.2) is 19.1 Å². The number of benzene rings is 1. The van der Waals surface area contributed by atoms with Crippen LogP contribution < -0.4 is 15.8 Å². The van der Waals surface area contributed by atoms with Gasteiger partial charge in [-0.3, -0.25) is 4.79 Å². The van der Waals surface area contributed by atoms with Crippen molar-refractivity contribution in [2.45, 2.75) is 13.3 Å². The first kappa shape index (κ1) is 11.4. The minimum Gasteiger partial charge on any atom is -0.492 e. The number of carbonyl (C=O) groups is 1. The van der Waals surface area contributed by atoms with Gasteiger partial charge in [0.25, 0.3) is 0 Å². The molecule has 0 spiro atoms. The third-order valence-electron chi connectivity index (χ3n) is 1.89. The summed E-state index contributed by atoms with van der Waals surface area (Å²) in [5.41, 5.74) is 6.24. The molecule has 0 aromatic heterocycles. The molecule has 0 saturated heterocycles. The Morgan fingerprint density at radius 2 is 2.07 bits per heavy atom. The van der Waals surface area contributed by atoms with E-state index in [4.69, 9.17) is 10.5 Å². The Morgan fingerprint density at radius 3 is 2.67 bits per heavy atom. The van der Waals surface area contributed by atoms with Crippen LogP contribution in [0, 0.1) is 0 Å². The normalized spacial score (nSPS) is 9.67. The van der Waals surface area contributed by atoms with E-state index in [9.17, 15) is 4.79 Å². The summed E-state index contributed by atoms with van der Waals surface area (Å²) in [6.07, 6.45) is 0.502. The highest BCUT2D eigenvalue weighted by molar-refractivity contribution is 5.75. The largest absolute Gasteiger partial charge is 0.492 e. The van der Waals surface area contributed by atoms with Crippen LogP contribution in [0.2, 0.25) is 0 Å². The predicted octanol–water partition coefficient (Wildman–Crippen LogP) is 1.17. The highest BCUT2D eigenvalue weighted by Gasteiger charge is 1.96. The zero-order valence-corrected chi connectivity index (χ0v) is 8.82. The number of nitrogens with one attached hydrogen (secondary N) is 1. The standard InChI is InChI=1S/C11H16N2O2/c1-2-11(14)13-7-8-15-10-5-3-9(12)4-6-10/h3-6H,2,7-8,12H2,1H3,(H,13,14). The quantitative estimate of drug-likeness (QED) is 0.564. The molecule has 1 aromatic carbocycles. The summed E-state index contributed by atoms with van der Waals surface area (Å²) < 4.78 is 5.39. The van der Waals surface area contributed by atoms with Gasteiger partial charge in [-0.05, 0) is 24.3 Å². The highest BCUT2D eigenvalue weighted by Crippen LogP contribution is 2.12. The number of hydrogen-bond acceptors (Lipinski definition) is 3. The first-order valence-electron chi connectivity index (χ1n) is 4.97. The smallest absolute Gasteiger partial charge is 0.219 e. The van der Waals surface area contributed by atoms with E-state index >= 15 is 0 Å². The fourth-order valence-corrected chi connectivity index (χ4v) is 1.05. The first-order valence-corrected chi connectivity index (χ1v) is 4.97. The molecule has 1 rings (SSSR count). The Labute approximate surface area is 89.4 Å². The lowest BCUT2D eigenvalue weighted by molar-refractivity contribution is -0.120. The molecular formula is C11H16N2O2. The summed E-state index contributed by atoms with van der Waals surface area (Å²) in [5.74, 6) is 0.797. The zero-order valence-electron chi connectivity index (χ0n) is 8.82. The van der Waals surface area contributed by atoms with Crippen LogP contribution in [0.1, 0.15) is 13.3 Å². The number of anilines is 1. The van der Waals surface area contributed by atoms with Gasteiger partial charge in [0.05, 0.1) is 6.54 Å². The topological polar surface area (TPSA) is 64.3 Å². The van der Waals surface area contributed by atoms with Crippen LogP contribution in [0.3, 0.4) is 0 Å². The number of hydrogen-bond donors (Lipinski definition) is 2. The van der Waals surface area contributed by atoms with Crippen LogP contribution >= 0.6 is 0 Å². The monoisotopic (exact) mass is 208 g/mol. The van der Waals surface area contributed by atoms with Gasteiger partial charge in [0.1, 0.15) is 12.4 Å². The van der Waals surface area contributed by atoms with Crippen molar-refractivity contribution < 1.29 is 9.53 Å².